The molecule has 1 unspecified atom stereocenters. The molecule has 1 aromatic carbocycles. The third-order valence-corrected chi connectivity index (χ3v) is 2.41. The molecule has 2 aromatic rings. The third-order valence-electron chi connectivity index (χ3n) is 2.41. The fraction of sp³-hybridized carbons (Fsp3) is 0.182. The Labute approximate surface area is 90.5 Å². The molecule has 1 heterocycles. The molecule has 0 saturated carbocycles. The van der Waals surface area contributed by atoms with Gasteiger partial charge in [-0.2, -0.15) is 0 Å². The third kappa shape index (κ3) is 1.77. The van der Waals surface area contributed by atoms with Crippen LogP contribution in [0.2, 0.25) is 0 Å². The summed E-state index contributed by atoms with van der Waals surface area (Å²) in [5, 5.41) is 9.41. The van der Waals surface area contributed by atoms with E-state index in [1.54, 1.807) is 12.1 Å². The predicted octanol–water partition coefficient (Wildman–Crippen LogP) is 1.53. The molecule has 0 fully saturated rings. The minimum Gasteiger partial charge on any atom is -0.480 e. The standard InChI is InChI=1S/C11H10FNO3/c12-8-2-1-6-3-4-16-10(6)7(8)5-9(13)11(14)15/h1-4,9H,5,13H2,(H,14,15). The highest BCUT2D eigenvalue weighted by Gasteiger charge is 2.18. The largest absolute Gasteiger partial charge is 0.480 e. The normalized spacial score (nSPS) is 12.9. The van der Waals surface area contributed by atoms with E-state index < -0.39 is 17.8 Å². The van der Waals surface area contributed by atoms with E-state index in [1.807, 2.05) is 0 Å². The van der Waals surface area contributed by atoms with Crippen LogP contribution in [-0.4, -0.2) is 17.1 Å². The molecular weight excluding hydrogens is 213 g/mol. The summed E-state index contributed by atoms with van der Waals surface area (Å²) in [6.45, 7) is 0. The van der Waals surface area contributed by atoms with Crippen LogP contribution < -0.4 is 5.73 Å². The fourth-order valence-corrected chi connectivity index (χ4v) is 1.57. The van der Waals surface area contributed by atoms with Gasteiger partial charge in [0.2, 0.25) is 0 Å². The van der Waals surface area contributed by atoms with Crippen LogP contribution in [0, 0.1) is 5.82 Å². The zero-order chi connectivity index (χ0) is 11.7. The van der Waals surface area contributed by atoms with Crippen molar-refractivity contribution >= 4 is 16.9 Å². The van der Waals surface area contributed by atoms with Crippen molar-refractivity contribution in [1.29, 1.82) is 0 Å². The Morgan fingerprint density at radius 2 is 2.25 bits per heavy atom. The fourth-order valence-electron chi connectivity index (χ4n) is 1.57. The van der Waals surface area contributed by atoms with Gasteiger partial charge in [0.1, 0.15) is 17.4 Å². The molecule has 16 heavy (non-hydrogen) atoms. The molecule has 0 spiro atoms. The van der Waals surface area contributed by atoms with Crippen LogP contribution in [0.25, 0.3) is 11.0 Å². The number of aliphatic carboxylic acids is 1. The summed E-state index contributed by atoms with van der Waals surface area (Å²) < 4.78 is 18.6. The van der Waals surface area contributed by atoms with Crippen LogP contribution >= 0.6 is 0 Å². The van der Waals surface area contributed by atoms with Crippen molar-refractivity contribution in [2.45, 2.75) is 12.5 Å². The molecule has 84 valence electrons. The van der Waals surface area contributed by atoms with Crippen molar-refractivity contribution in [3.8, 4) is 0 Å². The topological polar surface area (TPSA) is 76.5 Å². The zero-order valence-corrected chi connectivity index (χ0v) is 8.31. The summed E-state index contributed by atoms with van der Waals surface area (Å²) in [7, 11) is 0. The summed E-state index contributed by atoms with van der Waals surface area (Å²) in [6, 6.07) is 3.40. The summed E-state index contributed by atoms with van der Waals surface area (Å²) >= 11 is 0. The molecule has 0 amide bonds. The molecule has 1 aromatic heterocycles. The van der Waals surface area contributed by atoms with Crippen LogP contribution in [0.5, 0.6) is 0 Å². The van der Waals surface area contributed by atoms with Gasteiger partial charge in [0.25, 0.3) is 0 Å². The monoisotopic (exact) mass is 223 g/mol. The number of halogens is 1. The lowest BCUT2D eigenvalue weighted by Crippen LogP contribution is -2.32. The van der Waals surface area contributed by atoms with Crippen molar-refractivity contribution in [3.63, 3.8) is 0 Å². The molecule has 0 saturated heterocycles. The Morgan fingerprint density at radius 1 is 1.50 bits per heavy atom. The van der Waals surface area contributed by atoms with Gasteiger partial charge in [-0.05, 0) is 18.2 Å². The van der Waals surface area contributed by atoms with E-state index in [1.165, 1.54) is 12.3 Å². The molecule has 3 N–H and O–H groups in total. The van der Waals surface area contributed by atoms with Gasteiger partial charge in [0.05, 0.1) is 6.26 Å². The number of hydrogen-bond donors (Lipinski definition) is 2. The van der Waals surface area contributed by atoms with E-state index in [2.05, 4.69) is 0 Å². The quantitative estimate of drug-likeness (QED) is 0.827. The molecule has 5 heteroatoms. The van der Waals surface area contributed by atoms with E-state index in [4.69, 9.17) is 15.3 Å². The van der Waals surface area contributed by atoms with Crippen LogP contribution in [0.15, 0.2) is 28.9 Å². The smallest absolute Gasteiger partial charge is 0.320 e. The average molecular weight is 223 g/mol. The summed E-state index contributed by atoms with van der Waals surface area (Å²) in [5.74, 6) is -1.66. The van der Waals surface area contributed by atoms with Gasteiger partial charge in [-0.15, -0.1) is 0 Å². The summed E-state index contributed by atoms with van der Waals surface area (Å²) in [5.41, 5.74) is 5.93. The number of benzene rings is 1. The summed E-state index contributed by atoms with van der Waals surface area (Å²) in [6.07, 6.45) is 1.34. The van der Waals surface area contributed by atoms with Crippen molar-refractivity contribution in [3.05, 3.63) is 35.8 Å². The second-order valence-electron chi connectivity index (χ2n) is 3.51. The first-order chi connectivity index (χ1) is 7.59. The van der Waals surface area contributed by atoms with Crippen molar-refractivity contribution in [2.75, 3.05) is 0 Å². The minimum absolute atomic E-state index is 0.0913. The molecule has 1 atom stereocenters. The SMILES string of the molecule is NC(Cc1c(F)ccc2ccoc12)C(=O)O. The van der Waals surface area contributed by atoms with E-state index >= 15 is 0 Å². The number of nitrogens with two attached hydrogens (primary N) is 1. The molecule has 2 rings (SSSR count). The highest BCUT2D eigenvalue weighted by Crippen LogP contribution is 2.23. The Bertz CT molecular complexity index is 535. The number of carboxylic acids is 1. The Balaban J connectivity index is 2.45. The lowest BCUT2D eigenvalue weighted by atomic mass is 10.0. The molecule has 0 radical (unpaired) electrons. The summed E-state index contributed by atoms with van der Waals surface area (Å²) in [4.78, 5) is 10.6. The van der Waals surface area contributed by atoms with Gasteiger partial charge in [0.15, 0.2) is 0 Å². The maximum absolute atomic E-state index is 13.5. The van der Waals surface area contributed by atoms with Crippen LogP contribution in [0.4, 0.5) is 4.39 Å². The van der Waals surface area contributed by atoms with Crippen LogP contribution in [-0.2, 0) is 11.2 Å². The number of furan rings is 1. The van der Waals surface area contributed by atoms with Gasteiger partial charge < -0.3 is 15.3 Å². The van der Waals surface area contributed by atoms with Crippen molar-refractivity contribution in [1.82, 2.24) is 0 Å². The van der Waals surface area contributed by atoms with Gasteiger partial charge >= 0.3 is 5.97 Å². The predicted molar refractivity (Wildman–Crippen MR) is 55.5 cm³/mol. The number of fused-ring (bicyclic) bond motifs is 1. The second-order valence-corrected chi connectivity index (χ2v) is 3.51. The molecule has 0 aliphatic carbocycles. The molecular formula is C11H10FNO3. The second kappa shape index (κ2) is 3.94. The number of rotatable bonds is 3. The highest BCUT2D eigenvalue weighted by molar-refractivity contribution is 5.82. The lowest BCUT2D eigenvalue weighted by molar-refractivity contribution is -0.138. The van der Waals surface area contributed by atoms with E-state index in [0.29, 0.717) is 5.58 Å². The number of carboxylic acid groups (broad SMARTS) is 1. The maximum atomic E-state index is 13.5. The Morgan fingerprint density at radius 3 is 2.94 bits per heavy atom. The molecule has 0 bridgehead atoms. The number of carbonyl (C=O) groups is 1. The Kier molecular flexibility index (Phi) is 2.62. The first kappa shape index (κ1) is 10.6. The highest BCUT2D eigenvalue weighted by atomic mass is 19.1. The Hall–Kier alpha value is -1.88. The number of hydrogen-bond acceptors (Lipinski definition) is 3. The lowest BCUT2D eigenvalue weighted by Gasteiger charge is -2.07. The van der Waals surface area contributed by atoms with Gasteiger partial charge in [-0.25, -0.2) is 4.39 Å². The van der Waals surface area contributed by atoms with E-state index in [-0.39, 0.29) is 12.0 Å². The first-order valence-corrected chi connectivity index (χ1v) is 4.72. The van der Waals surface area contributed by atoms with E-state index in [9.17, 15) is 9.18 Å². The average Bonchev–Trinajstić information content (AvgIpc) is 2.70. The van der Waals surface area contributed by atoms with Gasteiger partial charge in [-0.3, -0.25) is 4.79 Å². The molecule has 0 aliphatic rings. The molecule has 4 nitrogen and oxygen atoms in total. The van der Waals surface area contributed by atoms with Crippen LogP contribution in [0.1, 0.15) is 5.56 Å². The minimum atomic E-state index is -1.16. The maximum Gasteiger partial charge on any atom is 0.320 e. The zero-order valence-electron chi connectivity index (χ0n) is 8.31. The van der Waals surface area contributed by atoms with Crippen molar-refractivity contribution in [2.24, 2.45) is 5.73 Å². The first-order valence-electron chi connectivity index (χ1n) is 4.72. The van der Waals surface area contributed by atoms with Gasteiger partial charge in [-0.1, -0.05) is 0 Å². The molecule has 0 aliphatic heterocycles. The van der Waals surface area contributed by atoms with Crippen molar-refractivity contribution < 1.29 is 18.7 Å². The van der Waals surface area contributed by atoms with Gasteiger partial charge in [0, 0.05) is 17.4 Å². The van der Waals surface area contributed by atoms with Crippen LogP contribution in [0.3, 0.4) is 0 Å². The van der Waals surface area contributed by atoms with E-state index in [0.717, 1.165) is 5.39 Å².